The molecule has 0 bridgehead atoms. The van der Waals surface area contributed by atoms with Crippen molar-refractivity contribution in [3.05, 3.63) is 89.7 Å². The van der Waals surface area contributed by atoms with Gasteiger partial charge in [-0.05, 0) is 61.7 Å². The van der Waals surface area contributed by atoms with Crippen molar-refractivity contribution in [2.75, 3.05) is 31.1 Å². The van der Waals surface area contributed by atoms with Crippen LogP contribution in [0.1, 0.15) is 60.3 Å². The van der Waals surface area contributed by atoms with Gasteiger partial charge in [-0.1, -0.05) is 30.3 Å². The molecule has 1 N–H and O–H groups in total. The lowest BCUT2D eigenvalue weighted by Crippen LogP contribution is -2.45. The van der Waals surface area contributed by atoms with Crippen LogP contribution in [0.25, 0.3) is 0 Å². The lowest BCUT2D eigenvalue weighted by molar-refractivity contribution is -0.137. The van der Waals surface area contributed by atoms with Gasteiger partial charge < -0.3 is 15.0 Å². The Kier molecular flexibility index (Phi) is 8.59. The number of halogens is 3. The average molecular weight is 553 g/mol. The number of hydrogen-bond acceptors (Lipinski definition) is 5. The summed E-state index contributed by atoms with van der Waals surface area (Å²) in [5, 5.41) is 3.13. The molecule has 2 fully saturated rings. The number of carbonyl (C=O) groups excluding carboxylic acids is 1. The van der Waals surface area contributed by atoms with E-state index in [0.29, 0.717) is 30.6 Å². The number of ether oxygens (including phenoxy) is 1. The number of rotatable bonds is 7. The van der Waals surface area contributed by atoms with Crippen LogP contribution in [0, 0.1) is 0 Å². The molecule has 1 aromatic heterocycles. The van der Waals surface area contributed by atoms with Crippen molar-refractivity contribution in [1.29, 1.82) is 0 Å². The molecule has 0 radical (unpaired) electrons. The number of aromatic nitrogens is 1. The Balaban J connectivity index is 1.05. The predicted octanol–water partition coefficient (Wildman–Crippen LogP) is 6.10. The van der Waals surface area contributed by atoms with E-state index in [1.165, 1.54) is 17.7 Å². The van der Waals surface area contributed by atoms with Crippen LogP contribution < -0.4 is 15.0 Å². The Hall–Kier alpha value is -3.59. The maximum Gasteiger partial charge on any atom is 0.416 e. The molecule has 40 heavy (non-hydrogen) atoms. The number of alkyl halides is 3. The molecule has 0 aliphatic carbocycles. The van der Waals surface area contributed by atoms with Gasteiger partial charge in [0.15, 0.2) is 0 Å². The largest absolute Gasteiger partial charge is 0.489 e. The van der Waals surface area contributed by atoms with E-state index in [-0.39, 0.29) is 18.1 Å². The minimum Gasteiger partial charge on any atom is -0.489 e. The maximum absolute atomic E-state index is 12.8. The highest BCUT2D eigenvalue weighted by molar-refractivity contribution is 5.92. The highest BCUT2D eigenvalue weighted by atomic mass is 19.4. The number of nitrogens with one attached hydrogen (secondary N) is 1. The van der Waals surface area contributed by atoms with Crippen molar-refractivity contribution in [3.63, 3.8) is 0 Å². The van der Waals surface area contributed by atoms with Gasteiger partial charge in [0.25, 0.3) is 5.91 Å². The van der Waals surface area contributed by atoms with Gasteiger partial charge in [0.05, 0.1) is 11.8 Å². The molecule has 2 saturated heterocycles. The summed E-state index contributed by atoms with van der Waals surface area (Å²) in [5.74, 6) is 0.429. The Morgan fingerprint density at radius 2 is 1.60 bits per heavy atom. The van der Waals surface area contributed by atoms with E-state index < -0.39 is 11.7 Å². The number of carbonyl (C=O) groups is 1. The van der Waals surface area contributed by atoms with Crippen LogP contribution in [-0.2, 0) is 6.18 Å². The second-order valence-electron chi connectivity index (χ2n) is 10.6. The number of nitrogens with zero attached hydrogens (tertiary/aromatic N) is 3. The van der Waals surface area contributed by atoms with Crippen LogP contribution in [0.4, 0.5) is 18.9 Å². The van der Waals surface area contributed by atoms with Gasteiger partial charge in [0.2, 0.25) is 0 Å². The number of piperidine rings is 2. The number of hydrogen-bond donors (Lipinski definition) is 1. The van der Waals surface area contributed by atoms with Crippen molar-refractivity contribution in [2.24, 2.45) is 0 Å². The summed E-state index contributed by atoms with van der Waals surface area (Å²) >= 11 is 0. The van der Waals surface area contributed by atoms with Crippen molar-refractivity contribution in [1.82, 2.24) is 15.2 Å². The molecule has 0 spiro atoms. The quantitative estimate of drug-likeness (QED) is 0.384. The smallest absolute Gasteiger partial charge is 0.416 e. The van der Waals surface area contributed by atoms with E-state index in [1.54, 1.807) is 18.3 Å². The lowest BCUT2D eigenvalue weighted by atomic mass is 10.00. The molecule has 9 heteroatoms. The molecule has 5 rings (SSSR count). The summed E-state index contributed by atoms with van der Waals surface area (Å²) in [5.41, 5.74) is 1.81. The minimum absolute atomic E-state index is 0.0179. The van der Waals surface area contributed by atoms with Crippen LogP contribution in [0.15, 0.2) is 72.9 Å². The fraction of sp³-hybridized carbons (Fsp3) is 0.419. The van der Waals surface area contributed by atoms with Crippen LogP contribution >= 0.6 is 0 Å². The molecule has 2 aromatic carbocycles. The Bertz CT molecular complexity index is 1240. The number of anilines is 1. The van der Waals surface area contributed by atoms with E-state index in [2.05, 4.69) is 51.3 Å². The Labute approximate surface area is 233 Å². The third-order valence-corrected chi connectivity index (χ3v) is 7.97. The number of amides is 1. The maximum atomic E-state index is 12.8. The molecular formula is C31H35F3N4O2. The van der Waals surface area contributed by atoms with Gasteiger partial charge in [0, 0.05) is 56.8 Å². The molecule has 1 amide bonds. The monoisotopic (exact) mass is 552 g/mol. The van der Waals surface area contributed by atoms with E-state index in [1.807, 2.05) is 6.07 Å². The van der Waals surface area contributed by atoms with Gasteiger partial charge in [-0.15, -0.1) is 0 Å². The molecule has 1 unspecified atom stereocenters. The van der Waals surface area contributed by atoms with Gasteiger partial charge in [0.1, 0.15) is 17.5 Å². The van der Waals surface area contributed by atoms with Crippen LogP contribution in [0.5, 0.6) is 5.75 Å². The third kappa shape index (κ3) is 6.94. The molecule has 6 nitrogen and oxygen atoms in total. The number of pyridine rings is 1. The fourth-order valence-electron chi connectivity index (χ4n) is 5.50. The number of benzene rings is 2. The molecule has 2 aliphatic rings. The normalized spacial score (nSPS) is 18.4. The second kappa shape index (κ2) is 12.3. The van der Waals surface area contributed by atoms with Gasteiger partial charge in [-0.2, -0.15) is 13.2 Å². The molecule has 2 aliphatic heterocycles. The summed E-state index contributed by atoms with van der Waals surface area (Å²) < 4.78 is 44.6. The highest BCUT2D eigenvalue weighted by Gasteiger charge is 2.30. The Morgan fingerprint density at radius 3 is 2.20 bits per heavy atom. The second-order valence-corrected chi connectivity index (χ2v) is 10.6. The third-order valence-electron chi connectivity index (χ3n) is 7.97. The molecule has 3 heterocycles. The van der Waals surface area contributed by atoms with Gasteiger partial charge in [-0.25, -0.2) is 4.98 Å². The molecule has 3 aromatic rings. The molecule has 212 valence electrons. The summed E-state index contributed by atoms with van der Waals surface area (Å²) in [4.78, 5) is 21.7. The lowest BCUT2D eigenvalue weighted by Gasteiger charge is -2.36. The highest BCUT2D eigenvalue weighted by Crippen LogP contribution is 2.31. The van der Waals surface area contributed by atoms with Crippen molar-refractivity contribution in [2.45, 2.75) is 57.0 Å². The topological polar surface area (TPSA) is 57.7 Å². The van der Waals surface area contributed by atoms with E-state index in [4.69, 9.17) is 4.74 Å². The van der Waals surface area contributed by atoms with Crippen LogP contribution in [-0.4, -0.2) is 54.1 Å². The SMILES string of the molecule is CC(c1ccccc1)N1CCC(NC(=O)c2ccc(OC3CCN(c4ccc(C(F)(F)F)cc4)CC3)cn2)CC1. The molecule has 1 atom stereocenters. The molecular weight excluding hydrogens is 517 g/mol. The first-order valence-electron chi connectivity index (χ1n) is 13.9. The fourth-order valence-corrected chi connectivity index (χ4v) is 5.50. The molecule has 0 saturated carbocycles. The summed E-state index contributed by atoms with van der Waals surface area (Å²) in [6.45, 7) is 5.46. The predicted molar refractivity (Wildman–Crippen MR) is 148 cm³/mol. The standard InChI is InChI=1S/C31H35F3N4O2/c1-22(23-5-3-2-4-6-23)37-17-13-25(14-18-37)36-30(39)29-12-11-28(21-35-29)40-27-15-19-38(20-16-27)26-9-7-24(8-10-26)31(32,33)34/h2-12,21-22,25,27H,13-20H2,1H3,(H,36,39). The first-order chi connectivity index (χ1) is 19.3. The van der Waals surface area contributed by atoms with Crippen molar-refractivity contribution in [3.8, 4) is 5.75 Å². The van der Waals surface area contributed by atoms with E-state index in [9.17, 15) is 18.0 Å². The summed E-state index contributed by atoms with van der Waals surface area (Å²) in [6.07, 6.45) is 0.514. The summed E-state index contributed by atoms with van der Waals surface area (Å²) in [7, 11) is 0. The zero-order chi connectivity index (χ0) is 28.1. The number of likely N-dealkylation sites (tertiary alicyclic amines) is 1. The Morgan fingerprint density at radius 1 is 0.925 bits per heavy atom. The minimum atomic E-state index is -4.33. The summed E-state index contributed by atoms with van der Waals surface area (Å²) in [6, 6.07) is 19.7. The van der Waals surface area contributed by atoms with Gasteiger partial charge in [-0.3, -0.25) is 9.69 Å². The first-order valence-corrected chi connectivity index (χ1v) is 13.9. The first kappa shape index (κ1) is 28.0. The van der Waals surface area contributed by atoms with Crippen molar-refractivity contribution >= 4 is 11.6 Å². The van der Waals surface area contributed by atoms with Crippen LogP contribution in [0.3, 0.4) is 0 Å². The zero-order valence-corrected chi connectivity index (χ0v) is 22.6. The zero-order valence-electron chi connectivity index (χ0n) is 22.6. The van der Waals surface area contributed by atoms with E-state index >= 15 is 0 Å². The van der Waals surface area contributed by atoms with Gasteiger partial charge >= 0.3 is 6.18 Å². The van der Waals surface area contributed by atoms with Crippen LogP contribution in [0.2, 0.25) is 0 Å². The average Bonchev–Trinajstić information content (AvgIpc) is 2.98. The van der Waals surface area contributed by atoms with Crippen molar-refractivity contribution < 1.29 is 22.7 Å². The van der Waals surface area contributed by atoms with E-state index in [0.717, 1.165) is 56.6 Å².